The van der Waals surface area contributed by atoms with E-state index in [2.05, 4.69) is 23.8 Å². The minimum Gasteiger partial charge on any atom is -0.355 e. The van der Waals surface area contributed by atoms with Gasteiger partial charge in [0.15, 0.2) is 0 Å². The van der Waals surface area contributed by atoms with Crippen LogP contribution < -0.4 is 10.6 Å². The molecule has 0 radical (unpaired) electrons. The molecule has 0 aromatic heterocycles. The molecule has 0 bridgehead atoms. The number of hydrogen-bond acceptors (Lipinski definition) is 3. The van der Waals surface area contributed by atoms with Crippen LogP contribution in [0.5, 0.6) is 0 Å². The van der Waals surface area contributed by atoms with Gasteiger partial charge in [-0.2, -0.15) is 11.8 Å². The number of rotatable bonds is 4. The van der Waals surface area contributed by atoms with E-state index in [0.29, 0.717) is 5.25 Å². The highest BCUT2D eigenvalue weighted by molar-refractivity contribution is 7.99. The maximum absolute atomic E-state index is 11.5. The Kier molecular flexibility index (Phi) is 7.41. The summed E-state index contributed by atoms with van der Waals surface area (Å²) < 4.78 is 0. The fourth-order valence-electron chi connectivity index (χ4n) is 1.35. The van der Waals surface area contributed by atoms with E-state index in [9.17, 15) is 4.79 Å². The van der Waals surface area contributed by atoms with Gasteiger partial charge in [0.2, 0.25) is 5.91 Å². The number of thioether (sulfide) groups is 1. The summed E-state index contributed by atoms with van der Waals surface area (Å²) in [4.78, 5) is 11.5. The van der Waals surface area contributed by atoms with E-state index in [1.54, 1.807) is 11.8 Å². The van der Waals surface area contributed by atoms with Crippen molar-refractivity contribution < 1.29 is 4.79 Å². The van der Waals surface area contributed by atoms with Crippen LogP contribution >= 0.6 is 24.2 Å². The number of amides is 1. The minimum absolute atomic E-state index is 0. The Morgan fingerprint density at radius 2 is 2.43 bits per heavy atom. The first-order valence-corrected chi connectivity index (χ1v) is 6.04. The maximum atomic E-state index is 11.5. The van der Waals surface area contributed by atoms with E-state index >= 15 is 0 Å². The zero-order valence-electron chi connectivity index (χ0n) is 8.71. The van der Waals surface area contributed by atoms with Crippen molar-refractivity contribution in [1.29, 1.82) is 0 Å². The van der Waals surface area contributed by atoms with Crippen LogP contribution in [0.25, 0.3) is 0 Å². The molecule has 14 heavy (non-hydrogen) atoms. The van der Waals surface area contributed by atoms with Crippen molar-refractivity contribution in [3.63, 3.8) is 0 Å². The van der Waals surface area contributed by atoms with Gasteiger partial charge >= 0.3 is 0 Å². The fraction of sp³-hybridized carbons (Fsp3) is 0.889. The number of halogens is 1. The van der Waals surface area contributed by atoms with Crippen LogP contribution in [0.2, 0.25) is 0 Å². The quantitative estimate of drug-likeness (QED) is 0.764. The molecule has 1 unspecified atom stereocenters. The van der Waals surface area contributed by atoms with Crippen LogP contribution in [-0.4, -0.2) is 37.0 Å². The molecule has 0 aromatic rings. The third-order valence-electron chi connectivity index (χ3n) is 2.40. The highest BCUT2D eigenvalue weighted by Crippen LogP contribution is 2.08. The molecule has 1 saturated heterocycles. The Balaban J connectivity index is 0.00000169. The third-order valence-corrected chi connectivity index (χ3v) is 3.37. The molecule has 2 N–H and O–H groups in total. The summed E-state index contributed by atoms with van der Waals surface area (Å²) in [6, 6.07) is 0. The van der Waals surface area contributed by atoms with Crippen LogP contribution in [0.15, 0.2) is 0 Å². The van der Waals surface area contributed by atoms with Crippen molar-refractivity contribution >= 4 is 30.1 Å². The van der Waals surface area contributed by atoms with Gasteiger partial charge in [-0.05, 0) is 19.2 Å². The molecule has 2 atom stereocenters. The average molecular weight is 239 g/mol. The van der Waals surface area contributed by atoms with Gasteiger partial charge in [0.05, 0.1) is 5.92 Å². The van der Waals surface area contributed by atoms with E-state index in [-0.39, 0.29) is 24.2 Å². The summed E-state index contributed by atoms with van der Waals surface area (Å²) >= 11 is 1.78. The van der Waals surface area contributed by atoms with Gasteiger partial charge in [-0.15, -0.1) is 12.4 Å². The van der Waals surface area contributed by atoms with E-state index in [1.807, 2.05) is 0 Å². The first kappa shape index (κ1) is 14.1. The van der Waals surface area contributed by atoms with Crippen molar-refractivity contribution in [1.82, 2.24) is 10.6 Å². The highest BCUT2D eigenvalue weighted by Gasteiger charge is 2.21. The van der Waals surface area contributed by atoms with Gasteiger partial charge in [-0.25, -0.2) is 0 Å². The second-order valence-electron chi connectivity index (χ2n) is 3.48. The normalized spacial score (nSPS) is 22.6. The number of hydrogen-bond donors (Lipinski definition) is 2. The van der Waals surface area contributed by atoms with Crippen molar-refractivity contribution in [2.24, 2.45) is 5.92 Å². The summed E-state index contributed by atoms with van der Waals surface area (Å²) in [6.45, 7) is 4.74. The van der Waals surface area contributed by atoms with E-state index < -0.39 is 0 Å². The molecular formula is C9H19ClN2OS. The lowest BCUT2D eigenvalue weighted by Gasteiger charge is -2.12. The summed E-state index contributed by atoms with van der Waals surface area (Å²) in [5.41, 5.74) is 0. The van der Waals surface area contributed by atoms with Crippen molar-refractivity contribution in [3.8, 4) is 0 Å². The maximum Gasteiger partial charge on any atom is 0.224 e. The summed E-state index contributed by atoms with van der Waals surface area (Å²) in [6.07, 6.45) is 3.05. The fourth-order valence-corrected chi connectivity index (χ4v) is 1.60. The molecule has 1 aliphatic heterocycles. The second-order valence-corrected chi connectivity index (χ2v) is 4.76. The molecule has 1 heterocycles. The minimum atomic E-state index is 0. The van der Waals surface area contributed by atoms with Gasteiger partial charge in [0.1, 0.15) is 0 Å². The topological polar surface area (TPSA) is 41.1 Å². The summed E-state index contributed by atoms with van der Waals surface area (Å²) in [7, 11) is 0. The van der Waals surface area contributed by atoms with Crippen LogP contribution in [0.4, 0.5) is 0 Å². The van der Waals surface area contributed by atoms with E-state index in [4.69, 9.17) is 0 Å². The van der Waals surface area contributed by atoms with Gasteiger partial charge in [0.25, 0.3) is 0 Å². The lowest BCUT2D eigenvalue weighted by Crippen LogP contribution is -2.35. The van der Waals surface area contributed by atoms with Gasteiger partial charge in [0, 0.05) is 18.3 Å². The highest BCUT2D eigenvalue weighted by atomic mass is 35.5. The summed E-state index contributed by atoms with van der Waals surface area (Å²) in [5, 5.41) is 6.68. The van der Waals surface area contributed by atoms with Crippen LogP contribution in [0.1, 0.15) is 13.3 Å². The smallest absolute Gasteiger partial charge is 0.224 e. The molecular weight excluding hydrogens is 220 g/mol. The molecule has 1 amide bonds. The van der Waals surface area contributed by atoms with Crippen molar-refractivity contribution in [3.05, 3.63) is 0 Å². The van der Waals surface area contributed by atoms with Gasteiger partial charge < -0.3 is 10.6 Å². The van der Waals surface area contributed by atoms with Gasteiger partial charge in [-0.1, -0.05) is 6.92 Å². The Labute approximate surface area is 96.2 Å². The Morgan fingerprint density at radius 3 is 2.93 bits per heavy atom. The molecule has 1 rings (SSSR count). The molecule has 0 spiro atoms. The summed E-state index contributed by atoms with van der Waals surface area (Å²) in [5.74, 6) is 0.417. The Morgan fingerprint density at radius 1 is 1.71 bits per heavy atom. The molecule has 3 nitrogen and oxygen atoms in total. The predicted octanol–water partition coefficient (Wildman–Crippen LogP) is 0.885. The zero-order chi connectivity index (χ0) is 9.68. The van der Waals surface area contributed by atoms with Crippen molar-refractivity contribution in [2.45, 2.75) is 18.6 Å². The SMILES string of the molecule is CSC(C)CNC(=O)[C@@H]1CCNC1.Cl. The zero-order valence-corrected chi connectivity index (χ0v) is 10.3. The first-order valence-electron chi connectivity index (χ1n) is 4.75. The second kappa shape index (κ2) is 7.37. The molecule has 0 aromatic carbocycles. The molecule has 84 valence electrons. The molecule has 0 saturated carbocycles. The van der Waals surface area contributed by atoms with Crippen LogP contribution in [0, 0.1) is 5.92 Å². The number of carbonyl (C=O) groups excluding carboxylic acids is 1. The predicted molar refractivity (Wildman–Crippen MR) is 64.2 cm³/mol. The number of carbonyl (C=O) groups is 1. The van der Waals surface area contributed by atoms with Crippen molar-refractivity contribution in [2.75, 3.05) is 25.9 Å². The average Bonchev–Trinajstić information content (AvgIpc) is 2.66. The molecule has 1 aliphatic rings. The van der Waals surface area contributed by atoms with E-state index in [1.165, 1.54) is 0 Å². The Bertz CT molecular complexity index is 174. The molecule has 5 heteroatoms. The third kappa shape index (κ3) is 4.53. The van der Waals surface area contributed by atoms with Gasteiger partial charge in [-0.3, -0.25) is 4.79 Å². The number of nitrogens with one attached hydrogen (secondary N) is 2. The first-order chi connectivity index (χ1) is 6.24. The Hall–Kier alpha value is 0.0700. The van der Waals surface area contributed by atoms with E-state index in [0.717, 1.165) is 26.1 Å². The lowest BCUT2D eigenvalue weighted by atomic mass is 10.1. The largest absolute Gasteiger partial charge is 0.355 e. The van der Waals surface area contributed by atoms with Crippen LogP contribution in [-0.2, 0) is 4.79 Å². The monoisotopic (exact) mass is 238 g/mol. The standard InChI is InChI=1S/C9H18N2OS.ClH/c1-7(13-2)5-11-9(12)8-3-4-10-6-8;/h7-8,10H,3-6H2,1-2H3,(H,11,12);1H/t7?,8-;/m1./s1. The molecule has 1 fully saturated rings. The lowest BCUT2D eigenvalue weighted by molar-refractivity contribution is -0.124. The van der Waals surface area contributed by atoms with Crippen LogP contribution in [0.3, 0.4) is 0 Å². The molecule has 0 aliphatic carbocycles.